The number of aryl methyl sites for hydroxylation is 1. The number of hydrogen-bond donors (Lipinski definition) is 1. The summed E-state index contributed by atoms with van der Waals surface area (Å²) in [5.41, 5.74) is 4.33. The molecule has 2 aromatic rings. The first-order valence-corrected chi connectivity index (χ1v) is 9.42. The molecule has 1 aliphatic heterocycles. The molecule has 0 amide bonds. The van der Waals surface area contributed by atoms with Crippen molar-refractivity contribution in [3.05, 3.63) is 59.2 Å². The van der Waals surface area contributed by atoms with Gasteiger partial charge in [-0.25, -0.2) is 0 Å². The van der Waals surface area contributed by atoms with Crippen LogP contribution in [0.15, 0.2) is 42.5 Å². The van der Waals surface area contributed by atoms with Gasteiger partial charge < -0.3 is 10.2 Å². The van der Waals surface area contributed by atoms with Crippen molar-refractivity contribution in [3.8, 4) is 12.1 Å². The van der Waals surface area contributed by atoms with Crippen molar-refractivity contribution in [2.45, 2.75) is 13.3 Å². The Hall–Kier alpha value is -3.02. The van der Waals surface area contributed by atoms with Crippen molar-refractivity contribution in [2.24, 2.45) is 0 Å². The lowest BCUT2D eigenvalue weighted by atomic mass is 10.1. The summed E-state index contributed by atoms with van der Waals surface area (Å²) in [5, 5.41) is 21.7. The van der Waals surface area contributed by atoms with Gasteiger partial charge in [-0.15, -0.1) is 0 Å². The van der Waals surface area contributed by atoms with Crippen molar-refractivity contribution in [3.63, 3.8) is 0 Å². The molecule has 5 heteroatoms. The Morgan fingerprint density at radius 3 is 2.26 bits per heavy atom. The molecule has 0 aliphatic carbocycles. The third-order valence-corrected chi connectivity index (χ3v) is 5.00. The Labute approximate surface area is 161 Å². The highest BCUT2D eigenvalue weighted by Crippen LogP contribution is 2.20. The van der Waals surface area contributed by atoms with E-state index in [0.717, 1.165) is 45.7 Å². The van der Waals surface area contributed by atoms with E-state index in [-0.39, 0.29) is 0 Å². The van der Waals surface area contributed by atoms with E-state index < -0.39 is 0 Å². The maximum absolute atomic E-state index is 9.22. The normalized spacial score (nSPS) is 14.4. The molecule has 1 saturated heterocycles. The zero-order chi connectivity index (χ0) is 19.1. The monoisotopic (exact) mass is 359 g/mol. The van der Waals surface area contributed by atoms with E-state index >= 15 is 0 Å². The second-order valence-corrected chi connectivity index (χ2v) is 6.90. The van der Waals surface area contributed by atoms with Crippen LogP contribution in [0.4, 0.5) is 11.4 Å². The smallest absolute Gasteiger partial charge is 0.101 e. The summed E-state index contributed by atoms with van der Waals surface area (Å²) >= 11 is 0. The summed E-state index contributed by atoms with van der Waals surface area (Å²) in [6.07, 6.45) is 0.981. The van der Waals surface area contributed by atoms with E-state index in [1.807, 2.05) is 0 Å². The molecule has 2 aromatic carbocycles. The maximum Gasteiger partial charge on any atom is 0.101 e. The largest absolute Gasteiger partial charge is 0.383 e. The average molecular weight is 359 g/mol. The molecule has 3 rings (SSSR count). The van der Waals surface area contributed by atoms with Crippen LogP contribution in [0.25, 0.3) is 0 Å². The molecule has 1 fully saturated rings. The minimum absolute atomic E-state index is 0.529. The van der Waals surface area contributed by atoms with Crippen LogP contribution >= 0.6 is 0 Å². The van der Waals surface area contributed by atoms with Gasteiger partial charge in [0.05, 0.1) is 16.8 Å². The molecule has 1 heterocycles. The fourth-order valence-electron chi connectivity index (χ4n) is 3.50. The van der Waals surface area contributed by atoms with Gasteiger partial charge in [-0.1, -0.05) is 18.2 Å². The Bertz CT molecular complexity index is 821. The maximum atomic E-state index is 9.22. The first-order chi connectivity index (χ1) is 13.2. The number of para-hydroxylation sites is 1. The highest BCUT2D eigenvalue weighted by atomic mass is 15.3. The zero-order valence-electron chi connectivity index (χ0n) is 15.8. The molecule has 5 nitrogen and oxygen atoms in total. The van der Waals surface area contributed by atoms with Crippen LogP contribution in [0.3, 0.4) is 0 Å². The minimum Gasteiger partial charge on any atom is -0.383 e. The summed E-state index contributed by atoms with van der Waals surface area (Å²) in [4.78, 5) is 4.93. The second-order valence-electron chi connectivity index (χ2n) is 6.90. The summed E-state index contributed by atoms with van der Waals surface area (Å²) in [6.45, 7) is 8.13. The quantitative estimate of drug-likeness (QED) is 0.801. The molecule has 0 atom stereocenters. The lowest BCUT2D eigenvalue weighted by molar-refractivity contribution is 0.257. The van der Waals surface area contributed by atoms with Crippen LogP contribution in [-0.4, -0.2) is 44.2 Å². The molecule has 27 heavy (non-hydrogen) atoms. The van der Waals surface area contributed by atoms with Crippen LogP contribution in [0, 0.1) is 29.6 Å². The summed E-state index contributed by atoms with van der Waals surface area (Å²) in [6, 6.07) is 18.2. The lowest BCUT2D eigenvalue weighted by Crippen LogP contribution is -2.46. The topological polar surface area (TPSA) is 66.1 Å². The first kappa shape index (κ1) is 18.8. The van der Waals surface area contributed by atoms with E-state index in [0.29, 0.717) is 16.8 Å². The van der Waals surface area contributed by atoms with E-state index in [1.54, 1.807) is 18.2 Å². The van der Waals surface area contributed by atoms with Crippen LogP contribution < -0.4 is 10.2 Å². The number of rotatable bonds is 6. The molecular formula is C22H25N5. The molecule has 1 N–H and O–H groups in total. The number of nitrogens with one attached hydrogen (secondary N) is 1. The summed E-state index contributed by atoms with van der Waals surface area (Å²) in [5.74, 6) is 0. The molecule has 0 saturated carbocycles. The van der Waals surface area contributed by atoms with Gasteiger partial charge in [0.2, 0.25) is 0 Å². The van der Waals surface area contributed by atoms with Gasteiger partial charge in [-0.2, -0.15) is 10.5 Å². The Morgan fingerprint density at radius 2 is 1.63 bits per heavy atom. The summed E-state index contributed by atoms with van der Waals surface area (Å²) in [7, 11) is 0. The zero-order valence-corrected chi connectivity index (χ0v) is 15.8. The van der Waals surface area contributed by atoms with Crippen molar-refractivity contribution in [2.75, 3.05) is 49.5 Å². The third kappa shape index (κ3) is 4.78. The molecule has 0 aromatic heterocycles. The van der Waals surface area contributed by atoms with Crippen molar-refractivity contribution < 1.29 is 0 Å². The Morgan fingerprint density at radius 1 is 0.963 bits per heavy atom. The molecule has 0 radical (unpaired) electrons. The third-order valence-electron chi connectivity index (χ3n) is 5.00. The molecular weight excluding hydrogens is 334 g/mol. The second kappa shape index (κ2) is 9.07. The molecule has 0 bridgehead atoms. The van der Waals surface area contributed by atoms with Crippen molar-refractivity contribution in [1.29, 1.82) is 10.5 Å². The first-order valence-electron chi connectivity index (χ1n) is 9.42. The average Bonchev–Trinajstić information content (AvgIpc) is 2.71. The Balaban J connectivity index is 1.44. The van der Waals surface area contributed by atoms with Gasteiger partial charge in [0.25, 0.3) is 0 Å². The van der Waals surface area contributed by atoms with Gasteiger partial charge in [0, 0.05) is 38.4 Å². The van der Waals surface area contributed by atoms with Crippen LogP contribution in [0.5, 0.6) is 0 Å². The van der Waals surface area contributed by atoms with E-state index in [4.69, 9.17) is 0 Å². The fourth-order valence-corrected chi connectivity index (χ4v) is 3.50. The van der Waals surface area contributed by atoms with E-state index in [1.165, 1.54) is 11.3 Å². The van der Waals surface area contributed by atoms with Gasteiger partial charge in [-0.05, 0) is 49.7 Å². The number of nitrogens with zero attached hydrogens (tertiary/aromatic N) is 4. The molecule has 0 unspecified atom stereocenters. The van der Waals surface area contributed by atoms with E-state index in [9.17, 15) is 10.5 Å². The van der Waals surface area contributed by atoms with Crippen molar-refractivity contribution >= 4 is 11.4 Å². The van der Waals surface area contributed by atoms with Crippen LogP contribution in [-0.2, 0) is 0 Å². The Kier molecular flexibility index (Phi) is 6.30. The number of hydrogen-bond acceptors (Lipinski definition) is 5. The lowest BCUT2D eigenvalue weighted by Gasteiger charge is -2.36. The highest BCUT2D eigenvalue weighted by Gasteiger charge is 2.17. The minimum atomic E-state index is 0.529. The fraction of sp³-hybridized carbons (Fsp3) is 0.364. The number of nitriles is 2. The van der Waals surface area contributed by atoms with Crippen molar-refractivity contribution in [1.82, 2.24) is 4.90 Å². The van der Waals surface area contributed by atoms with Crippen LogP contribution in [0.1, 0.15) is 23.1 Å². The molecule has 138 valence electrons. The predicted molar refractivity (Wildman–Crippen MR) is 109 cm³/mol. The van der Waals surface area contributed by atoms with Crippen LogP contribution in [0.2, 0.25) is 0 Å². The molecule has 0 spiro atoms. The standard InChI is InChI=1S/C22H25N5/c1-18-5-2-8-21(15-18)27-13-11-26(12-14-27)10-4-9-25-22-19(16-23)6-3-7-20(22)17-24/h2-3,5-8,15,25H,4,9-14H2,1H3. The molecule has 1 aliphatic rings. The SMILES string of the molecule is Cc1cccc(N2CCN(CCCNc3c(C#N)cccc3C#N)CC2)c1. The van der Waals surface area contributed by atoms with Gasteiger partial charge in [0.15, 0.2) is 0 Å². The highest BCUT2D eigenvalue weighted by molar-refractivity contribution is 5.66. The number of piperazine rings is 1. The number of anilines is 2. The number of benzene rings is 2. The predicted octanol–water partition coefficient (Wildman–Crippen LogP) is 3.36. The van der Waals surface area contributed by atoms with Gasteiger partial charge in [0.1, 0.15) is 12.1 Å². The van der Waals surface area contributed by atoms with E-state index in [2.05, 4.69) is 58.4 Å². The van der Waals surface area contributed by atoms with Gasteiger partial charge >= 0.3 is 0 Å². The summed E-state index contributed by atoms with van der Waals surface area (Å²) < 4.78 is 0. The van der Waals surface area contributed by atoms with Gasteiger partial charge in [-0.3, -0.25) is 4.90 Å².